The van der Waals surface area contributed by atoms with E-state index < -0.39 is 3.24 Å². The first-order chi connectivity index (χ1) is 9.43. The van der Waals surface area contributed by atoms with Gasteiger partial charge in [0.15, 0.2) is 3.24 Å². The van der Waals surface area contributed by atoms with E-state index in [0.717, 1.165) is 19.6 Å². The van der Waals surface area contributed by atoms with E-state index in [-0.39, 0.29) is 5.41 Å². The summed E-state index contributed by atoms with van der Waals surface area (Å²) in [4.78, 5) is 0. The quantitative estimate of drug-likeness (QED) is 0.481. The first-order valence-corrected chi connectivity index (χ1v) is 9.12. The van der Waals surface area contributed by atoms with Crippen LogP contribution < -0.4 is 0 Å². The molecule has 0 amide bonds. The first-order valence-electron chi connectivity index (χ1n) is 7.57. The first kappa shape index (κ1) is 19.0. The molecule has 1 unspecified atom stereocenters. The van der Waals surface area contributed by atoms with Crippen LogP contribution in [0.2, 0.25) is 0 Å². The molecule has 1 saturated carbocycles. The molecule has 0 aromatic rings. The third-order valence-corrected chi connectivity index (χ3v) is 5.18. The lowest BCUT2D eigenvalue weighted by molar-refractivity contribution is -0.0570. The van der Waals surface area contributed by atoms with Crippen LogP contribution in [0.1, 0.15) is 51.9 Å². The Morgan fingerprint density at radius 1 is 1.10 bits per heavy atom. The van der Waals surface area contributed by atoms with Crippen LogP contribution in [0.5, 0.6) is 0 Å². The lowest BCUT2D eigenvalue weighted by Gasteiger charge is -2.43. The summed E-state index contributed by atoms with van der Waals surface area (Å²) in [5.41, 5.74) is 0.0357. The summed E-state index contributed by atoms with van der Waals surface area (Å²) >= 11 is 15.5. The van der Waals surface area contributed by atoms with Crippen molar-refractivity contribution in [2.75, 3.05) is 26.9 Å². The highest BCUT2D eigenvalue weighted by Gasteiger charge is 2.41. The number of halogens is 3. The molecule has 5 heteroatoms. The number of methoxy groups -OCH3 is 1. The monoisotopic (exact) mass is 388 g/mol. The van der Waals surface area contributed by atoms with Crippen LogP contribution in [0.4, 0.5) is 0 Å². The molecular formula is C15H27BrCl2O2. The minimum Gasteiger partial charge on any atom is -0.384 e. The number of ether oxygens (including phenoxy) is 2. The molecule has 0 heterocycles. The predicted molar refractivity (Wildman–Crippen MR) is 90.0 cm³/mol. The standard InChI is InChI=1S/C15H27BrCl2O2/c1-3-20-12-14(11-19-2,9-10-15(16,17)18)13-7-5-4-6-8-13/h13H,3-12H2,1-2H3. The lowest BCUT2D eigenvalue weighted by atomic mass is 9.67. The van der Waals surface area contributed by atoms with Crippen LogP contribution in [0.25, 0.3) is 0 Å². The molecule has 2 nitrogen and oxygen atoms in total. The highest BCUT2D eigenvalue weighted by atomic mass is 79.9. The summed E-state index contributed by atoms with van der Waals surface area (Å²) in [5, 5.41) is 0. The van der Waals surface area contributed by atoms with Gasteiger partial charge in [0, 0.05) is 19.1 Å². The fourth-order valence-electron chi connectivity index (χ4n) is 3.32. The van der Waals surface area contributed by atoms with Crippen LogP contribution in [0.15, 0.2) is 0 Å². The maximum Gasteiger partial charge on any atom is 0.172 e. The number of rotatable bonds is 9. The average Bonchev–Trinajstić information content (AvgIpc) is 2.42. The molecule has 1 fully saturated rings. The van der Waals surface area contributed by atoms with Crippen LogP contribution in [0.3, 0.4) is 0 Å². The Morgan fingerprint density at radius 2 is 1.75 bits per heavy atom. The van der Waals surface area contributed by atoms with Gasteiger partial charge in [-0.25, -0.2) is 0 Å². The van der Waals surface area contributed by atoms with Crippen molar-refractivity contribution in [3.05, 3.63) is 0 Å². The highest BCUT2D eigenvalue weighted by Crippen LogP contribution is 2.46. The highest BCUT2D eigenvalue weighted by molar-refractivity contribution is 9.11. The maximum atomic E-state index is 6.11. The zero-order valence-electron chi connectivity index (χ0n) is 12.6. The molecule has 0 spiro atoms. The second kappa shape index (κ2) is 9.19. The van der Waals surface area contributed by atoms with E-state index in [2.05, 4.69) is 15.9 Å². The van der Waals surface area contributed by atoms with Gasteiger partial charge in [-0.05, 0) is 54.5 Å². The second-order valence-corrected chi connectivity index (χ2v) is 9.63. The minimum atomic E-state index is -0.854. The Labute approximate surface area is 142 Å². The Bertz CT molecular complexity index is 265. The fourth-order valence-corrected chi connectivity index (χ4v) is 3.71. The molecule has 20 heavy (non-hydrogen) atoms. The molecule has 0 aromatic heterocycles. The third-order valence-electron chi connectivity index (χ3n) is 4.40. The van der Waals surface area contributed by atoms with Gasteiger partial charge < -0.3 is 9.47 Å². The van der Waals surface area contributed by atoms with Gasteiger partial charge in [-0.3, -0.25) is 0 Å². The molecule has 0 aliphatic heterocycles. The predicted octanol–water partition coefficient (Wildman–Crippen LogP) is 5.54. The molecule has 0 N–H and O–H groups in total. The summed E-state index contributed by atoms with van der Waals surface area (Å²) in [6, 6.07) is 0. The van der Waals surface area contributed by atoms with Gasteiger partial charge in [0.2, 0.25) is 0 Å². The lowest BCUT2D eigenvalue weighted by Crippen LogP contribution is -2.41. The zero-order valence-corrected chi connectivity index (χ0v) is 15.7. The van der Waals surface area contributed by atoms with Gasteiger partial charge in [0.05, 0.1) is 13.2 Å². The van der Waals surface area contributed by atoms with Crippen molar-refractivity contribution in [3.63, 3.8) is 0 Å². The van der Waals surface area contributed by atoms with Gasteiger partial charge in [-0.2, -0.15) is 0 Å². The van der Waals surface area contributed by atoms with E-state index in [4.69, 9.17) is 32.7 Å². The van der Waals surface area contributed by atoms with Crippen molar-refractivity contribution < 1.29 is 9.47 Å². The Kier molecular flexibility index (Phi) is 8.75. The molecule has 0 aromatic carbocycles. The van der Waals surface area contributed by atoms with Crippen molar-refractivity contribution in [1.82, 2.24) is 0 Å². The van der Waals surface area contributed by atoms with Gasteiger partial charge in [0.1, 0.15) is 0 Å². The number of hydrogen-bond acceptors (Lipinski definition) is 2. The third kappa shape index (κ3) is 6.39. The normalized spacial score (nSPS) is 20.9. The van der Waals surface area contributed by atoms with E-state index >= 15 is 0 Å². The zero-order chi connectivity index (χ0) is 15.1. The SMILES string of the molecule is CCOCC(CCC(Cl)(Cl)Br)(COC)C1CCCCC1. The Balaban J connectivity index is 2.80. The molecule has 1 aliphatic rings. The molecule has 1 rings (SSSR count). The van der Waals surface area contributed by atoms with Crippen molar-refractivity contribution in [2.24, 2.45) is 11.3 Å². The van der Waals surface area contributed by atoms with E-state index in [1.807, 2.05) is 6.92 Å². The van der Waals surface area contributed by atoms with E-state index in [1.165, 1.54) is 32.1 Å². The van der Waals surface area contributed by atoms with Gasteiger partial charge in [0.25, 0.3) is 0 Å². The summed E-state index contributed by atoms with van der Waals surface area (Å²) in [7, 11) is 1.77. The summed E-state index contributed by atoms with van der Waals surface area (Å²) in [6.45, 7) is 4.23. The molecule has 120 valence electrons. The van der Waals surface area contributed by atoms with Gasteiger partial charge in [-0.15, -0.1) is 0 Å². The number of hydrogen-bond donors (Lipinski definition) is 0. The average molecular weight is 390 g/mol. The smallest absolute Gasteiger partial charge is 0.172 e. The van der Waals surface area contributed by atoms with Gasteiger partial charge >= 0.3 is 0 Å². The Hall–Kier alpha value is 0.980. The molecule has 0 bridgehead atoms. The van der Waals surface area contributed by atoms with Gasteiger partial charge in [-0.1, -0.05) is 42.5 Å². The summed E-state index contributed by atoms with van der Waals surface area (Å²) in [6.07, 6.45) is 8.11. The fraction of sp³-hybridized carbons (Fsp3) is 1.00. The summed E-state index contributed by atoms with van der Waals surface area (Å²) in [5.74, 6) is 0.644. The molecular weight excluding hydrogens is 363 g/mol. The topological polar surface area (TPSA) is 18.5 Å². The van der Waals surface area contributed by atoms with Crippen LogP contribution in [0, 0.1) is 11.3 Å². The van der Waals surface area contributed by atoms with E-state index in [0.29, 0.717) is 18.9 Å². The molecule has 0 radical (unpaired) electrons. The van der Waals surface area contributed by atoms with Crippen molar-refractivity contribution in [3.8, 4) is 0 Å². The van der Waals surface area contributed by atoms with Crippen LogP contribution in [-0.2, 0) is 9.47 Å². The molecule has 1 aliphatic carbocycles. The second-order valence-electron chi connectivity index (χ2n) is 5.88. The van der Waals surface area contributed by atoms with Crippen molar-refractivity contribution >= 4 is 39.1 Å². The van der Waals surface area contributed by atoms with Crippen molar-refractivity contribution in [2.45, 2.75) is 55.1 Å². The van der Waals surface area contributed by atoms with E-state index in [9.17, 15) is 0 Å². The van der Waals surface area contributed by atoms with Crippen LogP contribution >= 0.6 is 39.1 Å². The largest absolute Gasteiger partial charge is 0.384 e. The van der Waals surface area contributed by atoms with Crippen molar-refractivity contribution in [1.29, 1.82) is 0 Å². The van der Waals surface area contributed by atoms with E-state index in [1.54, 1.807) is 7.11 Å². The van der Waals surface area contributed by atoms with Crippen LogP contribution in [-0.4, -0.2) is 30.2 Å². The molecule has 0 saturated heterocycles. The summed E-state index contributed by atoms with van der Waals surface area (Å²) < 4.78 is 10.5. The number of alkyl halides is 3. The Morgan fingerprint density at radius 3 is 2.25 bits per heavy atom. The minimum absolute atomic E-state index is 0.0357. The maximum absolute atomic E-state index is 6.11. The molecule has 1 atom stereocenters.